The van der Waals surface area contributed by atoms with Crippen LogP contribution in [-0.2, 0) is 32.6 Å². The lowest BCUT2D eigenvalue weighted by Gasteiger charge is -2.35. The third-order valence-corrected chi connectivity index (χ3v) is 11.5. The highest BCUT2D eigenvalue weighted by molar-refractivity contribution is 9.10. The van der Waals surface area contributed by atoms with Crippen LogP contribution in [0, 0.1) is 6.92 Å². The molecule has 0 heterocycles. The Kier molecular flexibility index (Phi) is 12.3. The molecule has 49 heavy (non-hydrogen) atoms. The molecule has 0 saturated heterocycles. The number of carbonyl (C=O) groups is 2. The molecule has 9 heteroatoms. The molecule has 0 bridgehead atoms. The van der Waals surface area contributed by atoms with Gasteiger partial charge >= 0.3 is 0 Å². The van der Waals surface area contributed by atoms with Crippen molar-refractivity contribution in [1.29, 1.82) is 0 Å². The molecule has 0 radical (unpaired) electrons. The van der Waals surface area contributed by atoms with E-state index in [1.807, 2.05) is 73.7 Å². The van der Waals surface area contributed by atoms with Crippen molar-refractivity contribution in [2.45, 2.75) is 88.7 Å². The number of halogens is 1. The molecule has 0 aromatic heterocycles. The minimum Gasteiger partial charge on any atom is -0.352 e. The number of sulfonamides is 1. The fourth-order valence-corrected chi connectivity index (χ4v) is 8.18. The van der Waals surface area contributed by atoms with Crippen LogP contribution < -0.4 is 9.62 Å². The number of carbonyl (C=O) groups excluding carboxylic acids is 2. The van der Waals surface area contributed by atoms with Crippen LogP contribution in [0.3, 0.4) is 0 Å². The highest BCUT2D eigenvalue weighted by Gasteiger charge is 2.35. The van der Waals surface area contributed by atoms with Gasteiger partial charge in [-0.15, -0.1) is 0 Å². The maximum atomic E-state index is 14.8. The van der Waals surface area contributed by atoms with Crippen LogP contribution in [0.5, 0.6) is 0 Å². The molecule has 1 atom stereocenters. The number of aryl methyl sites for hydroxylation is 1. The molecule has 1 aliphatic carbocycles. The Morgan fingerprint density at radius 1 is 0.837 bits per heavy atom. The summed E-state index contributed by atoms with van der Waals surface area (Å²) in [5.74, 6) is -0.448. The van der Waals surface area contributed by atoms with Gasteiger partial charge in [-0.25, -0.2) is 8.42 Å². The summed E-state index contributed by atoms with van der Waals surface area (Å²) in [7, 11) is -4.16. The van der Waals surface area contributed by atoms with E-state index in [1.54, 1.807) is 41.3 Å². The van der Waals surface area contributed by atoms with Crippen molar-refractivity contribution >= 4 is 43.5 Å². The third kappa shape index (κ3) is 9.61. The number of nitrogens with zero attached hydrogens (tertiary/aromatic N) is 2. The average molecular weight is 745 g/mol. The first-order valence-corrected chi connectivity index (χ1v) is 19.3. The van der Waals surface area contributed by atoms with Gasteiger partial charge in [-0.2, -0.15) is 0 Å². The molecule has 4 aromatic rings. The Bertz CT molecular complexity index is 1810. The van der Waals surface area contributed by atoms with Gasteiger partial charge in [0.05, 0.1) is 10.6 Å². The van der Waals surface area contributed by atoms with E-state index < -0.39 is 28.5 Å². The lowest BCUT2D eigenvalue weighted by atomic mass is 9.94. The normalized spacial score (nSPS) is 14.3. The monoisotopic (exact) mass is 743 g/mol. The van der Waals surface area contributed by atoms with Gasteiger partial charge in [0.15, 0.2) is 0 Å². The van der Waals surface area contributed by atoms with Crippen molar-refractivity contribution in [3.8, 4) is 0 Å². The third-order valence-electron chi connectivity index (χ3n) is 9.20. The minimum absolute atomic E-state index is 0.0419. The van der Waals surface area contributed by atoms with Gasteiger partial charge in [-0.1, -0.05) is 121 Å². The lowest BCUT2D eigenvalue weighted by molar-refractivity contribution is -0.140. The zero-order valence-electron chi connectivity index (χ0n) is 28.5. The Morgan fingerprint density at radius 3 is 2.12 bits per heavy atom. The van der Waals surface area contributed by atoms with E-state index >= 15 is 0 Å². The summed E-state index contributed by atoms with van der Waals surface area (Å²) in [5, 5.41) is 3.26. The number of nitrogens with one attached hydrogen (secondary N) is 1. The van der Waals surface area contributed by atoms with Crippen molar-refractivity contribution < 1.29 is 18.0 Å². The van der Waals surface area contributed by atoms with Crippen LogP contribution in [-0.4, -0.2) is 43.8 Å². The first-order valence-electron chi connectivity index (χ1n) is 17.1. The zero-order valence-corrected chi connectivity index (χ0v) is 30.9. The standard InChI is InChI=1S/C40H46BrN3O4S/c1-29(2)33-19-21-36(22-20-33)44(49(47,48)37-23-17-30(3)18-24-37)28-39(45)43(27-32-13-10-14-34(41)25-32)38(26-31-11-6-4-7-12-31)40(46)42-35-15-8-5-9-16-35/h4,6-7,10-14,17-25,29,35,38H,5,8-9,15-16,26-28H2,1-3H3,(H,42,46). The summed E-state index contributed by atoms with van der Waals surface area (Å²) < 4.78 is 30.7. The van der Waals surface area contributed by atoms with E-state index in [-0.39, 0.29) is 35.7 Å². The van der Waals surface area contributed by atoms with E-state index in [0.29, 0.717) is 5.69 Å². The molecule has 258 valence electrons. The molecule has 1 aliphatic rings. The zero-order chi connectivity index (χ0) is 35.0. The second kappa shape index (κ2) is 16.6. The van der Waals surface area contributed by atoms with Crippen molar-refractivity contribution in [3.63, 3.8) is 0 Å². The molecule has 1 N–H and O–H groups in total. The molecule has 0 aliphatic heterocycles. The number of hydrogen-bond donors (Lipinski definition) is 1. The topological polar surface area (TPSA) is 86.8 Å². The highest BCUT2D eigenvalue weighted by Crippen LogP contribution is 2.28. The van der Waals surface area contributed by atoms with Gasteiger partial charge in [0.1, 0.15) is 12.6 Å². The lowest BCUT2D eigenvalue weighted by Crippen LogP contribution is -2.55. The molecule has 5 rings (SSSR count). The van der Waals surface area contributed by atoms with Gasteiger partial charge in [-0.3, -0.25) is 13.9 Å². The van der Waals surface area contributed by atoms with Crippen molar-refractivity contribution in [3.05, 3.63) is 130 Å². The molecular formula is C40H46BrN3O4S. The van der Waals surface area contributed by atoms with Gasteiger partial charge in [0.2, 0.25) is 11.8 Å². The van der Waals surface area contributed by atoms with Crippen LogP contribution in [0.1, 0.15) is 74.1 Å². The maximum absolute atomic E-state index is 14.8. The van der Waals surface area contributed by atoms with Crippen molar-refractivity contribution in [2.24, 2.45) is 0 Å². The smallest absolute Gasteiger partial charge is 0.264 e. The molecule has 4 aromatic carbocycles. The SMILES string of the molecule is Cc1ccc(S(=O)(=O)N(CC(=O)N(Cc2cccc(Br)c2)C(Cc2ccccc2)C(=O)NC2CCCCC2)c2ccc(C(C)C)cc2)cc1. The summed E-state index contributed by atoms with van der Waals surface area (Å²) >= 11 is 3.55. The first kappa shape index (κ1) is 36.3. The first-order chi connectivity index (χ1) is 23.5. The summed E-state index contributed by atoms with van der Waals surface area (Å²) in [6.07, 6.45) is 5.34. The van der Waals surface area contributed by atoms with Crippen LogP contribution in [0.2, 0.25) is 0 Å². The van der Waals surface area contributed by atoms with E-state index in [9.17, 15) is 18.0 Å². The van der Waals surface area contributed by atoms with Gasteiger partial charge in [0.25, 0.3) is 10.0 Å². The molecule has 1 unspecified atom stereocenters. The molecule has 0 spiro atoms. The highest BCUT2D eigenvalue weighted by atomic mass is 79.9. The van der Waals surface area contributed by atoms with Crippen molar-refractivity contribution in [2.75, 3.05) is 10.8 Å². The summed E-state index contributed by atoms with van der Waals surface area (Å²) in [6, 6.07) is 30.4. The second-order valence-electron chi connectivity index (χ2n) is 13.3. The van der Waals surface area contributed by atoms with Crippen LogP contribution in [0.15, 0.2) is 112 Å². The molecule has 7 nitrogen and oxygen atoms in total. The van der Waals surface area contributed by atoms with Crippen LogP contribution in [0.25, 0.3) is 0 Å². The number of amides is 2. The maximum Gasteiger partial charge on any atom is 0.264 e. The van der Waals surface area contributed by atoms with E-state index in [2.05, 4.69) is 35.1 Å². The average Bonchev–Trinajstić information content (AvgIpc) is 3.09. The molecule has 2 amide bonds. The van der Waals surface area contributed by atoms with E-state index in [0.717, 1.165) is 58.8 Å². The Hall–Kier alpha value is -3.95. The Labute approximate surface area is 299 Å². The van der Waals surface area contributed by atoms with Gasteiger partial charge in [-0.05, 0) is 78.8 Å². The molecular weight excluding hydrogens is 698 g/mol. The summed E-state index contributed by atoms with van der Waals surface area (Å²) in [4.78, 5) is 30.7. The predicted octanol–water partition coefficient (Wildman–Crippen LogP) is 8.17. The summed E-state index contributed by atoms with van der Waals surface area (Å²) in [6.45, 7) is 5.69. The number of anilines is 1. The number of rotatable bonds is 13. The second-order valence-corrected chi connectivity index (χ2v) is 16.0. The Morgan fingerprint density at radius 2 is 1.49 bits per heavy atom. The van der Waals surface area contributed by atoms with Gasteiger partial charge < -0.3 is 10.2 Å². The Balaban J connectivity index is 1.57. The molecule has 1 saturated carbocycles. The van der Waals surface area contributed by atoms with Crippen molar-refractivity contribution in [1.82, 2.24) is 10.2 Å². The van der Waals surface area contributed by atoms with Gasteiger partial charge in [0, 0.05) is 23.5 Å². The summed E-state index contributed by atoms with van der Waals surface area (Å²) in [5.41, 5.74) is 4.09. The van der Waals surface area contributed by atoms with E-state index in [4.69, 9.17) is 0 Å². The number of benzene rings is 4. The quantitative estimate of drug-likeness (QED) is 0.150. The largest absolute Gasteiger partial charge is 0.352 e. The molecule has 1 fully saturated rings. The minimum atomic E-state index is -4.16. The fourth-order valence-electron chi connectivity index (χ4n) is 6.32. The van der Waals surface area contributed by atoms with E-state index in [1.165, 1.54) is 4.31 Å². The fraction of sp³-hybridized carbons (Fsp3) is 0.350. The van der Waals surface area contributed by atoms with Crippen LogP contribution >= 0.6 is 15.9 Å². The number of hydrogen-bond acceptors (Lipinski definition) is 4. The predicted molar refractivity (Wildman–Crippen MR) is 200 cm³/mol. The van der Waals surface area contributed by atoms with Crippen LogP contribution in [0.4, 0.5) is 5.69 Å².